The fourth-order valence-corrected chi connectivity index (χ4v) is 3.10. The third-order valence-electron chi connectivity index (χ3n) is 3.71. The lowest BCUT2D eigenvalue weighted by Gasteiger charge is -2.33. The van der Waals surface area contributed by atoms with Gasteiger partial charge < -0.3 is 10.6 Å². The largest absolute Gasteiger partial charge is 0.372 e. The molecule has 20 heavy (non-hydrogen) atoms. The van der Waals surface area contributed by atoms with Gasteiger partial charge in [0.15, 0.2) is 0 Å². The Balaban J connectivity index is 2.10. The Labute approximate surface area is 117 Å². The Kier molecular flexibility index (Phi) is 4.59. The average Bonchev–Trinajstić information content (AvgIpc) is 2.47. The quantitative estimate of drug-likeness (QED) is 0.922. The van der Waals surface area contributed by atoms with Gasteiger partial charge in [0, 0.05) is 18.8 Å². The summed E-state index contributed by atoms with van der Waals surface area (Å²) >= 11 is 0. The van der Waals surface area contributed by atoms with Gasteiger partial charge in [-0.3, -0.25) is 0 Å². The molecule has 7 heteroatoms. The molecule has 1 saturated heterocycles. The van der Waals surface area contributed by atoms with E-state index in [1.165, 1.54) is 12.1 Å². The topological polar surface area (TPSA) is 63.4 Å². The second-order valence-electron chi connectivity index (χ2n) is 4.97. The predicted octanol–water partition coefficient (Wildman–Crippen LogP) is 1.86. The van der Waals surface area contributed by atoms with Crippen LogP contribution in [0.15, 0.2) is 29.2 Å². The second-order valence-corrected chi connectivity index (χ2v) is 6.88. The van der Waals surface area contributed by atoms with Gasteiger partial charge in [-0.1, -0.05) is 0 Å². The minimum atomic E-state index is -4.51. The van der Waals surface area contributed by atoms with Crippen molar-refractivity contribution < 1.29 is 17.2 Å². The van der Waals surface area contributed by atoms with Crippen LogP contribution in [0.5, 0.6) is 0 Å². The van der Waals surface area contributed by atoms with Crippen LogP contribution >= 0.6 is 0 Å². The first-order valence-electron chi connectivity index (χ1n) is 6.52. The van der Waals surface area contributed by atoms with Gasteiger partial charge in [0.1, 0.15) is 0 Å². The van der Waals surface area contributed by atoms with E-state index in [1.54, 1.807) is 12.1 Å². The van der Waals surface area contributed by atoms with Crippen molar-refractivity contribution in [3.8, 4) is 0 Å². The molecule has 112 valence electrons. The highest BCUT2D eigenvalue weighted by Crippen LogP contribution is 2.25. The third-order valence-corrected chi connectivity index (χ3v) is 5.11. The van der Waals surface area contributed by atoms with E-state index in [0.717, 1.165) is 31.6 Å². The summed E-state index contributed by atoms with van der Waals surface area (Å²) in [6.07, 6.45) is 1.99. The SMILES string of the molecule is NCC1CCN(c2ccc(S(=O)(=O)C(F)F)cc2)CC1. The summed E-state index contributed by atoms with van der Waals surface area (Å²) in [5.74, 6) is -2.85. The van der Waals surface area contributed by atoms with Crippen molar-refractivity contribution >= 4 is 15.5 Å². The highest BCUT2D eigenvalue weighted by molar-refractivity contribution is 7.91. The molecule has 0 radical (unpaired) electrons. The van der Waals surface area contributed by atoms with E-state index in [0.29, 0.717) is 12.5 Å². The Morgan fingerprint density at radius 1 is 1.20 bits per heavy atom. The molecule has 4 nitrogen and oxygen atoms in total. The second kappa shape index (κ2) is 6.05. The summed E-state index contributed by atoms with van der Waals surface area (Å²) in [5, 5.41) is 0. The number of sulfone groups is 1. The van der Waals surface area contributed by atoms with Crippen LogP contribution < -0.4 is 10.6 Å². The molecule has 1 fully saturated rings. The number of nitrogens with zero attached hydrogens (tertiary/aromatic N) is 1. The van der Waals surface area contributed by atoms with Gasteiger partial charge in [0.05, 0.1) is 4.90 Å². The molecule has 0 aromatic heterocycles. The van der Waals surface area contributed by atoms with Crippen molar-refractivity contribution in [1.29, 1.82) is 0 Å². The smallest absolute Gasteiger partial charge is 0.341 e. The molecule has 0 bridgehead atoms. The van der Waals surface area contributed by atoms with Crippen LogP contribution in [0.4, 0.5) is 14.5 Å². The van der Waals surface area contributed by atoms with Gasteiger partial charge in [0.25, 0.3) is 0 Å². The summed E-state index contributed by atoms with van der Waals surface area (Å²) in [7, 11) is -4.51. The zero-order chi connectivity index (χ0) is 14.8. The van der Waals surface area contributed by atoms with Crippen LogP contribution in [0.2, 0.25) is 0 Å². The molecule has 1 aliphatic heterocycles. The van der Waals surface area contributed by atoms with E-state index in [2.05, 4.69) is 4.90 Å². The molecule has 2 N–H and O–H groups in total. The number of hydrogen-bond donors (Lipinski definition) is 1. The number of halogens is 2. The standard InChI is InChI=1S/C13H18F2N2O2S/c14-13(15)20(18,19)12-3-1-11(2-4-12)17-7-5-10(9-16)6-8-17/h1-4,10,13H,5-9,16H2. The fourth-order valence-electron chi connectivity index (χ4n) is 2.38. The molecule has 0 amide bonds. The van der Waals surface area contributed by atoms with Gasteiger partial charge in [-0.05, 0) is 49.6 Å². The minimum absolute atomic E-state index is 0.340. The van der Waals surface area contributed by atoms with Crippen molar-refractivity contribution in [3.05, 3.63) is 24.3 Å². The van der Waals surface area contributed by atoms with E-state index < -0.39 is 15.6 Å². The van der Waals surface area contributed by atoms with Gasteiger partial charge in [-0.15, -0.1) is 0 Å². The van der Waals surface area contributed by atoms with Gasteiger partial charge in [-0.2, -0.15) is 8.78 Å². The van der Waals surface area contributed by atoms with Crippen molar-refractivity contribution in [3.63, 3.8) is 0 Å². The van der Waals surface area contributed by atoms with E-state index in [9.17, 15) is 17.2 Å². The lowest BCUT2D eigenvalue weighted by molar-refractivity contribution is 0.234. The van der Waals surface area contributed by atoms with E-state index in [4.69, 9.17) is 5.73 Å². The van der Waals surface area contributed by atoms with E-state index in [1.807, 2.05) is 0 Å². The van der Waals surface area contributed by atoms with Crippen LogP contribution in [0, 0.1) is 5.92 Å². The zero-order valence-electron chi connectivity index (χ0n) is 11.0. The number of piperidine rings is 1. The fraction of sp³-hybridized carbons (Fsp3) is 0.538. The molecular formula is C13H18F2N2O2S. The van der Waals surface area contributed by atoms with Crippen LogP contribution in [-0.4, -0.2) is 33.8 Å². The maximum absolute atomic E-state index is 12.4. The van der Waals surface area contributed by atoms with Crippen LogP contribution in [-0.2, 0) is 9.84 Å². The van der Waals surface area contributed by atoms with Crippen molar-refractivity contribution in [2.75, 3.05) is 24.5 Å². The Morgan fingerprint density at radius 2 is 1.75 bits per heavy atom. The summed E-state index contributed by atoms with van der Waals surface area (Å²) in [6.45, 7) is 2.38. The van der Waals surface area contributed by atoms with Crippen molar-refractivity contribution in [2.45, 2.75) is 23.5 Å². The molecule has 0 atom stereocenters. The van der Waals surface area contributed by atoms with Crippen LogP contribution in [0.1, 0.15) is 12.8 Å². The monoisotopic (exact) mass is 304 g/mol. The van der Waals surface area contributed by atoms with Crippen LogP contribution in [0.25, 0.3) is 0 Å². The van der Waals surface area contributed by atoms with Gasteiger partial charge in [0.2, 0.25) is 9.84 Å². The normalized spacial score (nSPS) is 17.7. The number of benzene rings is 1. The van der Waals surface area contributed by atoms with E-state index in [-0.39, 0.29) is 4.90 Å². The average molecular weight is 304 g/mol. The molecular weight excluding hydrogens is 286 g/mol. The van der Waals surface area contributed by atoms with Crippen molar-refractivity contribution in [2.24, 2.45) is 11.7 Å². The lowest BCUT2D eigenvalue weighted by Crippen LogP contribution is -2.36. The third kappa shape index (κ3) is 3.09. The predicted molar refractivity (Wildman–Crippen MR) is 73.6 cm³/mol. The molecule has 0 saturated carbocycles. The summed E-state index contributed by atoms with van der Waals surface area (Å²) in [5.41, 5.74) is 6.48. The Hall–Kier alpha value is -1.21. The van der Waals surface area contributed by atoms with Gasteiger partial charge in [-0.25, -0.2) is 8.42 Å². The maximum Gasteiger partial charge on any atom is 0.341 e. The molecule has 0 aliphatic carbocycles. The first kappa shape index (κ1) is 15.2. The molecule has 0 spiro atoms. The summed E-state index contributed by atoms with van der Waals surface area (Å²) in [4.78, 5) is 1.78. The molecule has 1 aromatic rings. The van der Waals surface area contributed by atoms with Crippen LogP contribution in [0.3, 0.4) is 0 Å². The minimum Gasteiger partial charge on any atom is -0.372 e. The first-order valence-corrected chi connectivity index (χ1v) is 8.07. The van der Waals surface area contributed by atoms with Gasteiger partial charge >= 0.3 is 5.76 Å². The Bertz CT molecular complexity index is 538. The highest BCUT2D eigenvalue weighted by atomic mass is 32.2. The maximum atomic E-state index is 12.4. The summed E-state index contributed by atoms with van der Waals surface area (Å²) in [6, 6.07) is 5.65. The number of hydrogen-bond acceptors (Lipinski definition) is 4. The van der Waals surface area contributed by atoms with E-state index >= 15 is 0 Å². The molecule has 1 aromatic carbocycles. The Morgan fingerprint density at radius 3 is 2.20 bits per heavy atom. The molecule has 2 rings (SSSR count). The first-order chi connectivity index (χ1) is 9.45. The summed E-state index contributed by atoms with van der Waals surface area (Å²) < 4.78 is 47.5. The van der Waals surface area contributed by atoms with Crippen molar-refractivity contribution in [1.82, 2.24) is 0 Å². The number of anilines is 1. The zero-order valence-corrected chi connectivity index (χ0v) is 11.8. The highest BCUT2D eigenvalue weighted by Gasteiger charge is 2.26. The number of nitrogens with two attached hydrogens (primary N) is 1. The molecule has 1 aliphatic rings. The molecule has 0 unspecified atom stereocenters. The number of rotatable bonds is 4. The lowest BCUT2D eigenvalue weighted by atomic mass is 9.97. The molecule has 1 heterocycles. The number of alkyl halides is 2.